The van der Waals surface area contributed by atoms with Gasteiger partial charge in [0.15, 0.2) is 0 Å². The van der Waals surface area contributed by atoms with Crippen LogP contribution in [0.15, 0.2) is 12.1 Å². The van der Waals surface area contributed by atoms with E-state index >= 15 is 0 Å². The molecule has 0 saturated carbocycles. The van der Waals surface area contributed by atoms with Crippen molar-refractivity contribution in [3.05, 3.63) is 29.3 Å². The molecule has 1 aromatic carbocycles. The lowest BCUT2D eigenvalue weighted by Crippen LogP contribution is -2.10. The van der Waals surface area contributed by atoms with Crippen molar-refractivity contribution in [2.24, 2.45) is 0 Å². The van der Waals surface area contributed by atoms with Crippen molar-refractivity contribution in [1.29, 1.82) is 0 Å². The Morgan fingerprint density at radius 2 is 2.00 bits per heavy atom. The van der Waals surface area contributed by atoms with Gasteiger partial charge in [-0.2, -0.15) is 0 Å². The zero-order valence-electron chi connectivity index (χ0n) is 8.30. The molecule has 0 saturated heterocycles. The van der Waals surface area contributed by atoms with Crippen LogP contribution in [-0.2, 0) is 4.74 Å². The number of benzene rings is 1. The molecule has 0 aromatic heterocycles. The molecule has 0 bridgehead atoms. The van der Waals surface area contributed by atoms with Crippen LogP contribution in [0.2, 0.25) is 0 Å². The molecule has 1 rings (SSSR count). The summed E-state index contributed by atoms with van der Waals surface area (Å²) in [5.74, 6) is -2.99. The Labute approximate surface area is 90.0 Å². The van der Waals surface area contributed by atoms with Crippen LogP contribution in [0.25, 0.3) is 0 Å². The maximum atomic E-state index is 13.1. The lowest BCUT2D eigenvalue weighted by atomic mass is 10.2. The smallest absolute Gasteiger partial charge is 0.341 e. The van der Waals surface area contributed by atoms with E-state index in [2.05, 4.69) is 4.74 Å². The quantitative estimate of drug-likeness (QED) is 0.492. The highest BCUT2D eigenvalue weighted by atomic mass is 19.1. The molecule has 1 aromatic rings. The number of anilines is 1. The summed E-state index contributed by atoms with van der Waals surface area (Å²) < 4.78 is 42.1. The second kappa shape index (κ2) is 5.39. The van der Waals surface area contributed by atoms with Gasteiger partial charge in [-0.3, -0.25) is 4.39 Å². The van der Waals surface area contributed by atoms with Crippen molar-refractivity contribution in [2.45, 2.75) is 6.42 Å². The van der Waals surface area contributed by atoms with Gasteiger partial charge in [0.05, 0.1) is 24.5 Å². The zero-order chi connectivity index (χ0) is 12.1. The average Bonchev–Trinajstić information content (AvgIpc) is 2.23. The molecule has 0 aliphatic rings. The van der Waals surface area contributed by atoms with Crippen molar-refractivity contribution >= 4 is 11.7 Å². The first-order valence-electron chi connectivity index (χ1n) is 4.54. The van der Waals surface area contributed by atoms with E-state index in [0.717, 1.165) is 6.07 Å². The van der Waals surface area contributed by atoms with E-state index in [4.69, 9.17) is 5.73 Å². The zero-order valence-corrected chi connectivity index (χ0v) is 8.30. The van der Waals surface area contributed by atoms with Gasteiger partial charge < -0.3 is 10.5 Å². The molecule has 3 nitrogen and oxygen atoms in total. The highest BCUT2D eigenvalue weighted by Crippen LogP contribution is 2.17. The molecule has 0 fully saturated rings. The highest BCUT2D eigenvalue weighted by molar-refractivity contribution is 5.90. The van der Waals surface area contributed by atoms with Gasteiger partial charge in [0.1, 0.15) is 11.6 Å². The Balaban J connectivity index is 2.79. The second-order valence-corrected chi connectivity index (χ2v) is 3.03. The maximum absolute atomic E-state index is 13.1. The van der Waals surface area contributed by atoms with Gasteiger partial charge >= 0.3 is 5.97 Å². The van der Waals surface area contributed by atoms with Crippen molar-refractivity contribution < 1.29 is 22.7 Å². The molecule has 0 radical (unpaired) electrons. The molecule has 6 heteroatoms. The first-order valence-corrected chi connectivity index (χ1v) is 4.54. The number of halogens is 3. The van der Waals surface area contributed by atoms with Crippen LogP contribution in [0, 0.1) is 11.6 Å². The monoisotopic (exact) mass is 233 g/mol. The maximum Gasteiger partial charge on any atom is 0.341 e. The van der Waals surface area contributed by atoms with Crippen LogP contribution in [-0.4, -0.2) is 19.3 Å². The number of alkyl halides is 1. The average molecular weight is 233 g/mol. The number of ether oxygens (including phenoxy) is 1. The first kappa shape index (κ1) is 12.4. The van der Waals surface area contributed by atoms with Crippen LogP contribution < -0.4 is 5.73 Å². The van der Waals surface area contributed by atoms with E-state index in [1.807, 2.05) is 0 Å². The number of carbonyl (C=O) groups is 1. The van der Waals surface area contributed by atoms with Crippen molar-refractivity contribution in [1.82, 2.24) is 0 Å². The van der Waals surface area contributed by atoms with Gasteiger partial charge in [0.25, 0.3) is 0 Å². The third kappa shape index (κ3) is 2.88. The fourth-order valence-corrected chi connectivity index (χ4v) is 1.02. The third-order valence-corrected chi connectivity index (χ3v) is 1.82. The SMILES string of the molecule is Nc1cc(C(=O)OCCCF)c(F)cc1F. The molecule has 88 valence electrons. The van der Waals surface area contributed by atoms with Gasteiger partial charge in [0, 0.05) is 12.5 Å². The largest absolute Gasteiger partial charge is 0.462 e. The van der Waals surface area contributed by atoms with E-state index < -0.39 is 29.8 Å². The minimum atomic E-state index is -1.06. The summed E-state index contributed by atoms with van der Waals surface area (Å²) in [5, 5.41) is 0. The molecule has 0 unspecified atom stereocenters. The van der Waals surface area contributed by atoms with Gasteiger partial charge in [-0.25, -0.2) is 13.6 Å². The van der Waals surface area contributed by atoms with Crippen LogP contribution in [0.4, 0.5) is 18.9 Å². The topological polar surface area (TPSA) is 52.3 Å². The van der Waals surface area contributed by atoms with Gasteiger partial charge in [-0.05, 0) is 6.07 Å². The van der Waals surface area contributed by atoms with E-state index in [-0.39, 0.29) is 18.7 Å². The lowest BCUT2D eigenvalue weighted by molar-refractivity contribution is 0.0489. The minimum absolute atomic E-state index is 0.0318. The number of esters is 1. The molecule has 0 spiro atoms. The molecule has 0 aliphatic heterocycles. The second-order valence-electron chi connectivity index (χ2n) is 3.03. The summed E-state index contributed by atoms with van der Waals surface area (Å²) in [6, 6.07) is 1.35. The minimum Gasteiger partial charge on any atom is -0.462 e. The Hall–Kier alpha value is -1.72. The van der Waals surface area contributed by atoms with Gasteiger partial charge in [0.2, 0.25) is 0 Å². The molecular weight excluding hydrogens is 223 g/mol. The number of carbonyl (C=O) groups excluding carboxylic acids is 1. The van der Waals surface area contributed by atoms with Crippen LogP contribution in [0.5, 0.6) is 0 Å². The molecule has 0 heterocycles. The molecule has 0 aliphatic carbocycles. The van der Waals surface area contributed by atoms with E-state index in [9.17, 15) is 18.0 Å². The number of hydrogen-bond acceptors (Lipinski definition) is 3. The van der Waals surface area contributed by atoms with Crippen molar-refractivity contribution in [2.75, 3.05) is 19.0 Å². The Kier molecular flexibility index (Phi) is 4.16. The van der Waals surface area contributed by atoms with E-state index in [0.29, 0.717) is 6.07 Å². The number of nitrogen functional groups attached to an aromatic ring is 1. The normalized spacial score (nSPS) is 10.2. The number of nitrogens with two attached hydrogens (primary N) is 1. The molecule has 0 atom stereocenters. The predicted molar refractivity (Wildman–Crippen MR) is 51.6 cm³/mol. The fourth-order valence-electron chi connectivity index (χ4n) is 1.02. The predicted octanol–water partition coefficient (Wildman–Crippen LogP) is 2.06. The summed E-state index contributed by atoms with van der Waals surface area (Å²) in [6.45, 7) is -0.798. The molecule has 16 heavy (non-hydrogen) atoms. The number of rotatable bonds is 4. The summed E-state index contributed by atoms with van der Waals surface area (Å²) in [5.41, 5.74) is 4.36. The van der Waals surface area contributed by atoms with Crippen molar-refractivity contribution in [3.8, 4) is 0 Å². The van der Waals surface area contributed by atoms with E-state index in [1.54, 1.807) is 0 Å². The fraction of sp³-hybridized carbons (Fsp3) is 0.300. The summed E-state index contributed by atoms with van der Waals surface area (Å²) in [7, 11) is 0. The summed E-state index contributed by atoms with van der Waals surface area (Å²) >= 11 is 0. The van der Waals surface area contributed by atoms with E-state index in [1.165, 1.54) is 0 Å². The van der Waals surface area contributed by atoms with Crippen LogP contribution in [0.1, 0.15) is 16.8 Å². The standard InChI is InChI=1S/C10H10F3NO2/c11-2-1-3-16-10(15)6-4-9(14)8(13)5-7(6)12/h4-5H,1-3,14H2. The molecule has 0 amide bonds. The number of hydrogen-bond donors (Lipinski definition) is 1. The third-order valence-electron chi connectivity index (χ3n) is 1.82. The molecular formula is C10H10F3NO2. The Morgan fingerprint density at radius 1 is 1.31 bits per heavy atom. The van der Waals surface area contributed by atoms with Crippen LogP contribution >= 0.6 is 0 Å². The first-order chi connectivity index (χ1) is 7.56. The van der Waals surface area contributed by atoms with Crippen molar-refractivity contribution in [3.63, 3.8) is 0 Å². The summed E-state index contributed by atoms with van der Waals surface area (Å²) in [6.07, 6.45) is 0.0318. The Morgan fingerprint density at radius 3 is 2.62 bits per heavy atom. The van der Waals surface area contributed by atoms with Gasteiger partial charge in [-0.15, -0.1) is 0 Å². The highest BCUT2D eigenvalue weighted by Gasteiger charge is 2.16. The van der Waals surface area contributed by atoms with Crippen LogP contribution in [0.3, 0.4) is 0 Å². The Bertz CT molecular complexity index is 396. The summed E-state index contributed by atoms with van der Waals surface area (Å²) in [4.78, 5) is 11.2. The molecule has 2 N–H and O–H groups in total. The lowest BCUT2D eigenvalue weighted by Gasteiger charge is -2.05. The van der Waals surface area contributed by atoms with Gasteiger partial charge in [-0.1, -0.05) is 0 Å².